The molecule has 0 saturated carbocycles. The smallest absolute Gasteiger partial charge is 0.191 e. The van der Waals surface area contributed by atoms with Gasteiger partial charge in [-0.15, -0.1) is 10.2 Å². The molecule has 0 saturated heterocycles. The van der Waals surface area contributed by atoms with Gasteiger partial charge in [-0.1, -0.05) is 11.8 Å². The lowest BCUT2D eigenvalue weighted by atomic mass is 10.1. The van der Waals surface area contributed by atoms with E-state index in [1.54, 1.807) is 38.7 Å². The molecule has 0 fully saturated rings. The van der Waals surface area contributed by atoms with Crippen LogP contribution in [0.4, 0.5) is 0 Å². The number of hydrogen-bond donors (Lipinski definition) is 0. The Morgan fingerprint density at radius 2 is 1.96 bits per heavy atom. The van der Waals surface area contributed by atoms with Gasteiger partial charge >= 0.3 is 0 Å². The van der Waals surface area contributed by atoms with Crippen LogP contribution >= 0.6 is 11.8 Å². The summed E-state index contributed by atoms with van der Waals surface area (Å²) in [6, 6.07) is 6.97. The number of ketones is 1. The van der Waals surface area contributed by atoms with Crippen molar-refractivity contribution in [3.05, 3.63) is 41.9 Å². The van der Waals surface area contributed by atoms with Gasteiger partial charge in [0.1, 0.15) is 5.76 Å². The molecular weight excluding hydrogens is 354 g/mol. The maximum atomic E-state index is 12.5. The highest BCUT2D eigenvalue weighted by molar-refractivity contribution is 7.99. The SMILES string of the molecule is COc1ccc(C(=O)CSc2nnc(-c3ccoc3C)n2C)cc1OC. The molecule has 0 spiro atoms. The highest BCUT2D eigenvalue weighted by atomic mass is 32.2. The standard InChI is InChI=1S/C18H19N3O4S/c1-11-13(7-8-25-11)17-19-20-18(21(17)2)26-10-14(22)12-5-6-15(23-3)16(9-12)24-4/h5-9H,10H2,1-4H3. The maximum absolute atomic E-state index is 12.5. The number of benzene rings is 1. The van der Waals surface area contributed by atoms with Crippen molar-refractivity contribution < 1.29 is 18.7 Å². The third-order valence-corrected chi connectivity index (χ3v) is 4.99. The zero-order valence-corrected chi connectivity index (χ0v) is 15.8. The van der Waals surface area contributed by atoms with E-state index >= 15 is 0 Å². The molecule has 3 aromatic rings. The summed E-state index contributed by atoms with van der Waals surface area (Å²) in [4.78, 5) is 12.5. The first kappa shape index (κ1) is 18.1. The summed E-state index contributed by atoms with van der Waals surface area (Å²) in [5.41, 5.74) is 1.45. The van der Waals surface area contributed by atoms with Crippen LogP contribution in [-0.2, 0) is 7.05 Å². The molecule has 8 heteroatoms. The third-order valence-electron chi connectivity index (χ3n) is 3.97. The monoisotopic (exact) mass is 373 g/mol. The van der Waals surface area contributed by atoms with Gasteiger partial charge in [-0.05, 0) is 31.2 Å². The fourth-order valence-corrected chi connectivity index (χ4v) is 3.32. The average Bonchev–Trinajstić information content (AvgIpc) is 3.24. The van der Waals surface area contributed by atoms with Crippen molar-refractivity contribution in [2.75, 3.05) is 20.0 Å². The largest absolute Gasteiger partial charge is 0.493 e. The summed E-state index contributed by atoms with van der Waals surface area (Å²) in [5, 5.41) is 9.04. The molecule has 2 aromatic heterocycles. The highest BCUT2D eigenvalue weighted by Gasteiger charge is 2.17. The van der Waals surface area contributed by atoms with Gasteiger partial charge in [0.2, 0.25) is 0 Å². The maximum Gasteiger partial charge on any atom is 0.191 e. The second-order valence-corrected chi connectivity index (χ2v) is 6.48. The summed E-state index contributed by atoms with van der Waals surface area (Å²) in [6.07, 6.45) is 1.62. The molecular formula is C18H19N3O4S. The number of Topliss-reactive ketones (excluding diaryl/α,β-unsaturated/α-hetero) is 1. The molecule has 2 heterocycles. The van der Waals surface area contributed by atoms with Gasteiger partial charge in [0.15, 0.2) is 28.3 Å². The summed E-state index contributed by atoms with van der Waals surface area (Å²) in [5.74, 6) is 2.81. The van der Waals surface area contributed by atoms with Crippen molar-refractivity contribution in [1.29, 1.82) is 0 Å². The van der Waals surface area contributed by atoms with Crippen LogP contribution in [0.25, 0.3) is 11.4 Å². The van der Waals surface area contributed by atoms with E-state index in [-0.39, 0.29) is 11.5 Å². The van der Waals surface area contributed by atoms with E-state index < -0.39 is 0 Å². The van der Waals surface area contributed by atoms with Crippen LogP contribution < -0.4 is 9.47 Å². The zero-order valence-electron chi connectivity index (χ0n) is 15.0. The number of carbonyl (C=O) groups excluding carboxylic acids is 1. The molecule has 3 rings (SSSR count). The molecule has 0 bridgehead atoms. The van der Waals surface area contributed by atoms with E-state index in [4.69, 9.17) is 13.9 Å². The van der Waals surface area contributed by atoms with E-state index in [9.17, 15) is 4.79 Å². The lowest BCUT2D eigenvalue weighted by Gasteiger charge is -2.09. The quantitative estimate of drug-likeness (QED) is 0.464. The molecule has 1 aromatic carbocycles. The van der Waals surface area contributed by atoms with E-state index in [1.165, 1.54) is 11.8 Å². The molecule has 0 amide bonds. The molecule has 0 aliphatic rings. The fraction of sp³-hybridized carbons (Fsp3) is 0.278. The van der Waals surface area contributed by atoms with Crippen molar-refractivity contribution >= 4 is 17.5 Å². The Bertz CT molecular complexity index is 932. The summed E-state index contributed by atoms with van der Waals surface area (Å²) < 4.78 is 17.6. The predicted octanol–water partition coefficient (Wildman–Crippen LogP) is 3.38. The van der Waals surface area contributed by atoms with Crippen LogP contribution in [0, 0.1) is 6.92 Å². The van der Waals surface area contributed by atoms with Gasteiger partial charge in [-0.3, -0.25) is 4.79 Å². The molecule has 0 unspecified atom stereocenters. The van der Waals surface area contributed by atoms with Crippen LogP contribution in [0.2, 0.25) is 0 Å². The number of methoxy groups -OCH3 is 2. The topological polar surface area (TPSA) is 79.4 Å². The second-order valence-electron chi connectivity index (χ2n) is 5.54. The van der Waals surface area contributed by atoms with Crippen LogP contribution in [0.15, 0.2) is 40.1 Å². The van der Waals surface area contributed by atoms with Crippen molar-refractivity contribution in [2.45, 2.75) is 12.1 Å². The molecule has 7 nitrogen and oxygen atoms in total. The summed E-state index contributed by atoms with van der Waals surface area (Å²) in [6.45, 7) is 1.87. The van der Waals surface area contributed by atoms with Crippen molar-refractivity contribution in [1.82, 2.24) is 14.8 Å². The normalized spacial score (nSPS) is 10.8. The first-order valence-corrected chi connectivity index (χ1v) is 8.85. The Kier molecular flexibility index (Phi) is 5.32. The van der Waals surface area contributed by atoms with E-state index in [1.807, 2.05) is 24.6 Å². The van der Waals surface area contributed by atoms with Crippen molar-refractivity contribution in [2.24, 2.45) is 7.05 Å². The molecule has 0 radical (unpaired) electrons. The minimum absolute atomic E-state index is 0.0278. The van der Waals surface area contributed by atoms with Gasteiger partial charge in [0, 0.05) is 12.6 Å². The first-order chi connectivity index (χ1) is 12.5. The molecule has 0 aliphatic carbocycles. The first-order valence-electron chi connectivity index (χ1n) is 7.87. The van der Waals surface area contributed by atoms with Gasteiger partial charge in [-0.2, -0.15) is 0 Å². The number of rotatable bonds is 7. The molecule has 0 aliphatic heterocycles. The number of ether oxygens (including phenoxy) is 2. The van der Waals surface area contributed by atoms with Crippen LogP contribution in [-0.4, -0.2) is 40.5 Å². The Hall–Kier alpha value is -2.74. The Labute approximate surface area is 155 Å². The van der Waals surface area contributed by atoms with E-state index in [2.05, 4.69) is 10.2 Å². The molecule has 26 heavy (non-hydrogen) atoms. The Morgan fingerprint density at radius 3 is 2.62 bits per heavy atom. The van der Waals surface area contributed by atoms with Gasteiger partial charge in [0.25, 0.3) is 0 Å². The number of nitrogens with zero attached hydrogens (tertiary/aromatic N) is 3. The van der Waals surface area contributed by atoms with Crippen LogP contribution in [0.1, 0.15) is 16.1 Å². The zero-order chi connectivity index (χ0) is 18.7. The second kappa shape index (κ2) is 7.65. The Balaban J connectivity index is 1.73. The molecule has 136 valence electrons. The van der Waals surface area contributed by atoms with Crippen LogP contribution in [0.5, 0.6) is 11.5 Å². The number of aryl methyl sites for hydroxylation is 1. The minimum Gasteiger partial charge on any atom is -0.493 e. The number of thioether (sulfide) groups is 1. The van der Waals surface area contributed by atoms with Crippen LogP contribution in [0.3, 0.4) is 0 Å². The van der Waals surface area contributed by atoms with E-state index in [0.717, 1.165) is 11.3 Å². The number of aromatic nitrogens is 3. The number of carbonyl (C=O) groups is 1. The van der Waals surface area contributed by atoms with Crippen molar-refractivity contribution in [3.63, 3.8) is 0 Å². The average molecular weight is 373 g/mol. The number of furan rings is 1. The summed E-state index contributed by atoms with van der Waals surface area (Å²) in [7, 11) is 4.97. The van der Waals surface area contributed by atoms with Gasteiger partial charge in [0.05, 0.1) is 31.8 Å². The van der Waals surface area contributed by atoms with Crippen molar-refractivity contribution in [3.8, 4) is 22.9 Å². The lowest BCUT2D eigenvalue weighted by Crippen LogP contribution is -2.05. The lowest BCUT2D eigenvalue weighted by molar-refractivity contribution is 0.102. The molecule has 0 atom stereocenters. The fourth-order valence-electron chi connectivity index (χ4n) is 2.52. The highest BCUT2D eigenvalue weighted by Crippen LogP contribution is 2.29. The Morgan fingerprint density at radius 1 is 1.19 bits per heavy atom. The van der Waals surface area contributed by atoms with Gasteiger partial charge in [-0.25, -0.2) is 0 Å². The number of hydrogen-bond acceptors (Lipinski definition) is 7. The minimum atomic E-state index is -0.0278. The predicted molar refractivity (Wildman–Crippen MR) is 98.0 cm³/mol. The van der Waals surface area contributed by atoms with Gasteiger partial charge < -0.3 is 18.5 Å². The summed E-state index contributed by atoms with van der Waals surface area (Å²) >= 11 is 1.33. The van der Waals surface area contributed by atoms with E-state index in [0.29, 0.717) is 28.0 Å². The molecule has 0 N–H and O–H groups in total. The third kappa shape index (κ3) is 3.45.